The second kappa shape index (κ2) is 8.74. The molecule has 2 amide bonds. The van der Waals surface area contributed by atoms with Gasteiger partial charge in [-0.05, 0) is 18.2 Å². The van der Waals surface area contributed by atoms with Crippen molar-refractivity contribution in [3.05, 3.63) is 28.8 Å². The fourth-order valence-electron chi connectivity index (χ4n) is 2.02. The summed E-state index contributed by atoms with van der Waals surface area (Å²) in [5.41, 5.74) is -1.10. The predicted octanol–water partition coefficient (Wildman–Crippen LogP) is 2.92. The number of methoxy groups -OCH3 is 1. The van der Waals surface area contributed by atoms with Crippen LogP contribution >= 0.6 is 23.4 Å². The first-order valence-corrected chi connectivity index (χ1v) is 8.64. The van der Waals surface area contributed by atoms with E-state index in [1.165, 1.54) is 7.11 Å². The highest BCUT2D eigenvalue weighted by Gasteiger charge is 2.33. The number of alkyl halides is 3. The number of nitrogens with one attached hydrogen (secondary N) is 2. The zero-order chi connectivity index (χ0) is 19.3. The van der Waals surface area contributed by atoms with Crippen molar-refractivity contribution < 1.29 is 27.5 Å². The van der Waals surface area contributed by atoms with Crippen molar-refractivity contribution in [2.45, 2.75) is 17.8 Å². The van der Waals surface area contributed by atoms with E-state index in [1.807, 2.05) is 0 Å². The first-order chi connectivity index (χ1) is 12.2. The van der Waals surface area contributed by atoms with Crippen molar-refractivity contribution >= 4 is 46.0 Å². The maximum absolute atomic E-state index is 12.8. The lowest BCUT2D eigenvalue weighted by Crippen LogP contribution is -2.28. The lowest BCUT2D eigenvalue weighted by Gasteiger charge is -2.12. The first-order valence-electron chi connectivity index (χ1n) is 7.38. The molecule has 142 valence electrons. The number of anilines is 1. The third-order valence-electron chi connectivity index (χ3n) is 3.27. The largest absolute Gasteiger partial charge is 0.416 e. The Labute approximate surface area is 156 Å². The van der Waals surface area contributed by atoms with Crippen molar-refractivity contribution in [2.75, 3.05) is 25.6 Å². The van der Waals surface area contributed by atoms with Gasteiger partial charge in [-0.1, -0.05) is 23.4 Å². The molecule has 6 nitrogen and oxygen atoms in total. The standard InChI is InChI=1S/C15H15ClF3N3O3S/c1-25-5-4-20-14-22-13(24)11(26-14)7-12(23)21-10-6-8(15(17,18)19)2-3-9(10)16/h2-3,6,11H,4-5,7H2,1H3,(H,21,23)(H,20,22,24)/t11-/m1/s1. The molecule has 2 rings (SSSR count). The monoisotopic (exact) mass is 409 g/mol. The van der Waals surface area contributed by atoms with Crippen LogP contribution in [0.25, 0.3) is 0 Å². The van der Waals surface area contributed by atoms with Crippen LogP contribution in [0.15, 0.2) is 23.2 Å². The van der Waals surface area contributed by atoms with Crippen LogP contribution in [0, 0.1) is 0 Å². The molecule has 1 atom stereocenters. The number of thioether (sulfide) groups is 1. The molecule has 1 aliphatic heterocycles. The first kappa shape index (κ1) is 20.5. The van der Waals surface area contributed by atoms with Gasteiger partial charge in [-0.3, -0.25) is 14.6 Å². The van der Waals surface area contributed by atoms with Crippen LogP contribution in [0.2, 0.25) is 5.02 Å². The van der Waals surface area contributed by atoms with Gasteiger partial charge in [0.15, 0.2) is 5.17 Å². The van der Waals surface area contributed by atoms with Gasteiger partial charge in [0.25, 0.3) is 0 Å². The van der Waals surface area contributed by atoms with E-state index in [4.69, 9.17) is 16.3 Å². The van der Waals surface area contributed by atoms with Crippen LogP contribution in [0.1, 0.15) is 12.0 Å². The second-order valence-electron chi connectivity index (χ2n) is 5.22. The van der Waals surface area contributed by atoms with Gasteiger partial charge >= 0.3 is 6.18 Å². The molecule has 0 unspecified atom stereocenters. The zero-order valence-corrected chi connectivity index (χ0v) is 15.1. The van der Waals surface area contributed by atoms with Crippen LogP contribution in [-0.4, -0.2) is 42.5 Å². The molecule has 0 aromatic heterocycles. The lowest BCUT2D eigenvalue weighted by molar-refractivity contribution is -0.137. The van der Waals surface area contributed by atoms with E-state index in [9.17, 15) is 22.8 Å². The number of benzene rings is 1. The Balaban J connectivity index is 1.99. The van der Waals surface area contributed by atoms with Gasteiger partial charge in [0.2, 0.25) is 11.8 Å². The van der Waals surface area contributed by atoms with E-state index in [1.54, 1.807) is 0 Å². The number of hydrogen-bond acceptors (Lipinski definition) is 5. The van der Waals surface area contributed by atoms with Gasteiger partial charge in [0, 0.05) is 13.5 Å². The van der Waals surface area contributed by atoms with Crippen LogP contribution in [0.5, 0.6) is 0 Å². The van der Waals surface area contributed by atoms with Crippen molar-refractivity contribution in [2.24, 2.45) is 4.99 Å². The summed E-state index contributed by atoms with van der Waals surface area (Å²) in [5, 5.41) is 4.47. The van der Waals surface area contributed by atoms with E-state index in [-0.39, 0.29) is 17.1 Å². The topological polar surface area (TPSA) is 79.8 Å². The minimum absolute atomic E-state index is 0.0308. The summed E-state index contributed by atoms with van der Waals surface area (Å²) in [4.78, 5) is 28.1. The highest BCUT2D eigenvalue weighted by Crippen LogP contribution is 2.34. The molecule has 1 aromatic carbocycles. The molecular formula is C15H15ClF3N3O3S. The zero-order valence-electron chi connectivity index (χ0n) is 13.5. The molecule has 1 fully saturated rings. The molecule has 1 aliphatic rings. The number of amidine groups is 1. The third-order valence-corrected chi connectivity index (χ3v) is 4.72. The summed E-state index contributed by atoms with van der Waals surface area (Å²) in [6, 6.07) is 2.62. The highest BCUT2D eigenvalue weighted by molar-refractivity contribution is 8.15. The van der Waals surface area contributed by atoms with Gasteiger partial charge in [-0.15, -0.1) is 0 Å². The normalized spacial score (nSPS) is 18.9. The number of rotatable bonds is 6. The third kappa shape index (κ3) is 5.61. The van der Waals surface area contributed by atoms with Crippen molar-refractivity contribution in [3.8, 4) is 0 Å². The second-order valence-corrected chi connectivity index (χ2v) is 6.82. The van der Waals surface area contributed by atoms with Crippen LogP contribution in [0.4, 0.5) is 18.9 Å². The average Bonchev–Trinajstić information content (AvgIpc) is 2.88. The lowest BCUT2D eigenvalue weighted by atomic mass is 10.2. The number of carbonyl (C=O) groups is 2. The van der Waals surface area contributed by atoms with Crippen molar-refractivity contribution in [1.29, 1.82) is 0 Å². The fraction of sp³-hybridized carbons (Fsp3) is 0.400. The molecule has 0 bridgehead atoms. The van der Waals surface area contributed by atoms with E-state index >= 15 is 0 Å². The fourth-order valence-corrected chi connectivity index (χ4v) is 3.18. The van der Waals surface area contributed by atoms with Crippen LogP contribution in [0.3, 0.4) is 0 Å². The average molecular weight is 410 g/mol. The minimum Gasteiger partial charge on any atom is -0.383 e. The summed E-state index contributed by atoms with van der Waals surface area (Å²) < 4.78 is 43.1. The molecule has 26 heavy (non-hydrogen) atoms. The highest BCUT2D eigenvalue weighted by atomic mass is 35.5. The molecule has 0 aliphatic carbocycles. The summed E-state index contributed by atoms with van der Waals surface area (Å²) in [7, 11) is 1.52. The van der Waals surface area contributed by atoms with Gasteiger partial charge in [0.1, 0.15) is 5.25 Å². The van der Waals surface area contributed by atoms with Crippen LogP contribution < -0.4 is 10.6 Å². The number of nitrogens with zero attached hydrogens (tertiary/aromatic N) is 1. The Morgan fingerprint density at radius 3 is 2.85 bits per heavy atom. The van der Waals surface area contributed by atoms with Crippen molar-refractivity contribution in [3.63, 3.8) is 0 Å². The molecule has 2 N–H and O–H groups in total. The SMILES string of the molecule is COCCN=C1NC(=O)[C@@H](CC(=O)Nc2cc(C(F)(F)F)ccc2Cl)S1. The minimum atomic E-state index is -4.56. The Kier molecular flexibility index (Phi) is 6.90. The van der Waals surface area contributed by atoms with Gasteiger partial charge in [-0.25, -0.2) is 0 Å². The van der Waals surface area contributed by atoms with Gasteiger partial charge in [0.05, 0.1) is 29.4 Å². The quantitative estimate of drug-likeness (QED) is 0.708. The maximum Gasteiger partial charge on any atom is 0.416 e. The summed E-state index contributed by atoms with van der Waals surface area (Å²) in [5.74, 6) is -1.02. The number of carbonyl (C=O) groups excluding carboxylic acids is 2. The van der Waals surface area contributed by atoms with Gasteiger partial charge in [-0.2, -0.15) is 13.2 Å². The molecule has 0 radical (unpaired) electrons. The Hall–Kier alpha value is -1.78. The van der Waals surface area contributed by atoms with E-state index in [2.05, 4.69) is 15.6 Å². The number of halogens is 4. The number of amides is 2. The summed E-state index contributed by atoms with van der Waals surface area (Å²) in [6.07, 6.45) is -4.79. The molecule has 1 aromatic rings. The maximum atomic E-state index is 12.8. The smallest absolute Gasteiger partial charge is 0.383 e. The molecule has 1 heterocycles. The summed E-state index contributed by atoms with van der Waals surface area (Å²) >= 11 is 6.91. The summed E-state index contributed by atoms with van der Waals surface area (Å²) in [6.45, 7) is 0.747. The predicted molar refractivity (Wildman–Crippen MR) is 93.4 cm³/mol. The van der Waals surface area contributed by atoms with Gasteiger partial charge < -0.3 is 15.4 Å². The van der Waals surface area contributed by atoms with E-state index < -0.39 is 28.8 Å². The number of aliphatic imine (C=N–C) groups is 1. The molecule has 11 heteroatoms. The Morgan fingerprint density at radius 2 is 2.19 bits per heavy atom. The number of hydrogen-bond donors (Lipinski definition) is 2. The van der Waals surface area contributed by atoms with Crippen molar-refractivity contribution in [1.82, 2.24) is 5.32 Å². The Bertz CT molecular complexity index is 728. The number of ether oxygens (including phenoxy) is 1. The van der Waals surface area contributed by atoms with Crippen LogP contribution in [-0.2, 0) is 20.5 Å². The molecule has 0 saturated carbocycles. The van der Waals surface area contributed by atoms with E-state index in [0.717, 1.165) is 30.0 Å². The van der Waals surface area contributed by atoms with E-state index in [0.29, 0.717) is 18.3 Å². The molecule has 1 saturated heterocycles. The molecular weight excluding hydrogens is 395 g/mol. The Morgan fingerprint density at radius 1 is 1.46 bits per heavy atom. The molecule has 0 spiro atoms.